The Balaban J connectivity index is 1.97. The Morgan fingerprint density at radius 3 is 2.55 bits per heavy atom. The molecule has 1 atom stereocenters. The maximum atomic E-state index is 6.37. The summed E-state index contributed by atoms with van der Waals surface area (Å²) in [5.74, 6) is 5.69. The molecule has 0 aliphatic heterocycles. The van der Waals surface area contributed by atoms with Crippen LogP contribution in [0.25, 0.3) is 0 Å². The van der Waals surface area contributed by atoms with Crippen molar-refractivity contribution in [3.8, 4) is 0 Å². The smallest absolute Gasteiger partial charge is 0.0483 e. The van der Waals surface area contributed by atoms with E-state index in [1.807, 2.05) is 31.2 Å². The van der Waals surface area contributed by atoms with Gasteiger partial charge in [0, 0.05) is 11.1 Å². The Morgan fingerprint density at radius 1 is 1.10 bits per heavy atom. The lowest BCUT2D eigenvalue weighted by atomic mass is 9.98. The molecule has 3 heteroatoms. The third kappa shape index (κ3) is 3.83. The van der Waals surface area contributed by atoms with E-state index in [0.29, 0.717) is 0 Å². The van der Waals surface area contributed by atoms with E-state index in [2.05, 4.69) is 29.7 Å². The van der Waals surface area contributed by atoms with E-state index in [9.17, 15) is 0 Å². The molecule has 0 fully saturated rings. The molecule has 0 spiro atoms. The van der Waals surface area contributed by atoms with Crippen LogP contribution in [0, 0.1) is 6.92 Å². The van der Waals surface area contributed by atoms with Gasteiger partial charge in [0.25, 0.3) is 0 Å². The van der Waals surface area contributed by atoms with Crippen LogP contribution in [0.5, 0.6) is 0 Å². The van der Waals surface area contributed by atoms with E-state index in [1.165, 1.54) is 5.56 Å². The highest BCUT2D eigenvalue weighted by Crippen LogP contribution is 2.28. The van der Waals surface area contributed by atoms with Crippen LogP contribution in [-0.4, -0.2) is 0 Å². The summed E-state index contributed by atoms with van der Waals surface area (Å²) in [4.78, 5) is 0. The number of hydrogen-bond donors (Lipinski definition) is 2. The number of nitrogens with one attached hydrogen (secondary N) is 1. The van der Waals surface area contributed by atoms with Gasteiger partial charge in [-0.3, -0.25) is 11.3 Å². The molecule has 2 aromatic rings. The summed E-state index contributed by atoms with van der Waals surface area (Å²) in [6, 6.07) is 16.7. The number of benzene rings is 2. The first-order valence-corrected chi connectivity index (χ1v) is 7.35. The van der Waals surface area contributed by atoms with Crippen LogP contribution in [0.3, 0.4) is 0 Å². The molecule has 0 saturated carbocycles. The van der Waals surface area contributed by atoms with Crippen LogP contribution >= 0.6 is 11.6 Å². The van der Waals surface area contributed by atoms with Gasteiger partial charge in [-0.15, -0.1) is 0 Å². The number of aryl methyl sites for hydroxylation is 2. The second-order valence-corrected chi connectivity index (χ2v) is 5.45. The predicted octanol–water partition coefficient (Wildman–Crippen LogP) is 4.18. The zero-order chi connectivity index (χ0) is 14.4. The minimum absolute atomic E-state index is 0.103. The molecule has 20 heavy (non-hydrogen) atoms. The van der Waals surface area contributed by atoms with Gasteiger partial charge in [0.1, 0.15) is 0 Å². The van der Waals surface area contributed by atoms with Gasteiger partial charge in [0.2, 0.25) is 0 Å². The standard InChI is InChI=1S/C17H21ClN2/c1-13-7-5-11-15(17(13)18)16(20-19)12-6-10-14-8-3-2-4-9-14/h2-5,7-9,11,16,20H,6,10,12,19H2,1H3. The molecule has 106 valence electrons. The molecule has 0 aromatic heterocycles. The summed E-state index contributed by atoms with van der Waals surface area (Å²) in [6.07, 6.45) is 3.10. The number of hydrogen-bond acceptors (Lipinski definition) is 2. The molecule has 0 aliphatic carbocycles. The Bertz CT molecular complexity index is 540. The highest BCUT2D eigenvalue weighted by molar-refractivity contribution is 6.32. The van der Waals surface area contributed by atoms with Gasteiger partial charge in [-0.2, -0.15) is 0 Å². The maximum absolute atomic E-state index is 6.37. The zero-order valence-electron chi connectivity index (χ0n) is 11.8. The van der Waals surface area contributed by atoms with Crippen molar-refractivity contribution in [3.63, 3.8) is 0 Å². The maximum Gasteiger partial charge on any atom is 0.0483 e. The summed E-state index contributed by atoms with van der Waals surface area (Å²) in [7, 11) is 0. The molecule has 0 bridgehead atoms. The van der Waals surface area contributed by atoms with Crippen molar-refractivity contribution in [2.24, 2.45) is 5.84 Å². The highest BCUT2D eigenvalue weighted by Gasteiger charge is 2.13. The quantitative estimate of drug-likeness (QED) is 0.618. The van der Waals surface area contributed by atoms with Crippen molar-refractivity contribution in [1.29, 1.82) is 0 Å². The second-order valence-electron chi connectivity index (χ2n) is 5.08. The SMILES string of the molecule is Cc1cccc(C(CCCc2ccccc2)NN)c1Cl. The van der Waals surface area contributed by atoms with E-state index in [0.717, 1.165) is 35.4 Å². The first kappa shape index (κ1) is 15.0. The van der Waals surface area contributed by atoms with Crippen LogP contribution in [0.4, 0.5) is 0 Å². The molecule has 3 N–H and O–H groups in total. The van der Waals surface area contributed by atoms with Gasteiger partial charge in [0.05, 0.1) is 0 Å². The molecule has 0 saturated heterocycles. The van der Waals surface area contributed by atoms with Crippen LogP contribution in [-0.2, 0) is 6.42 Å². The Kier molecular flexibility index (Phi) is 5.60. The lowest BCUT2D eigenvalue weighted by Gasteiger charge is -2.18. The van der Waals surface area contributed by atoms with Crippen LogP contribution in [0.2, 0.25) is 5.02 Å². The van der Waals surface area contributed by atoms with Crippen LogP contribution < -0.4 is 11.3 Å². The molecular formula is C17H21ClN2. The summed E-state index contributed by atoms with van der Waals surface area (Å²) in [6.45, 7) is 2.02. The van der Waals surface area contributed by atoms with Crippen molar-refractivity contribution < 1.29 is 0 Å². The second kappa shape index (κ2) is 7.44. The first-order valence-electron chi connectivity index (χ1n) is 6.97. The van der Waals surface area contributed by atoms with Crippen molar-refractivity contribution in [1.82, 2.24) is 5.43 Å². The lowest BCUT2D eigenvalue weighted by Crippen LogP contribution is -2.28. The first-order chi connectivity index (χ1) is 9.72. The van der Waals surface area contributed by atoms with E-state index in [4.69, 9.17) is 17.4 Å². The molecule has 2 rings (SSSR count). The van der Waals surface area contributed by atoms with E-state index in [-0.39, 0.29) is 6.04 Å². The summed E-state index contributed by atoms with van der Waals surface area (Å²) in [5.41, 5.74) is 6.42. The van der Waals surface area contributed by atoms with Crippen molar-refractivity contribution >= 4 is 11.6 Å². The fourth-order valence-corrected chi connectivity index (χ4v) is 2.68. The topological polar surface area (TPSA) is 38.0 Å². The third-order valence-electron chi connectivity index (χ3n) is 3.60. The van der Waals surface area contributed by atoms with Gasteiger partial charge >= 0.3 is 0 Å². The molecule has 2 nitrogen and oxygen atoms in total. The fourth-order valence-electron chi connectivity index (χ4n) is 2.42. The van der Waals surface area contributed by atoms with Crippen LogP contribution in [0.1, 0.15) is 35.6 Å². The normalized spacial score (nSPS) is 12.3. The minimum atomic E-state index is 0.103. The number of rotatable bonds is 6. The summed E-state index contributed by atoms with van der Waals surface area (Å²) in [5, 5.41) is 0.815. The fraction of sp³-hybridized carbons (Fsp3) is 0.294. The van der Waals surface area contributed by atoms with Gasteiger partial charge in [-0.1, -0.05) is 60.1 Å². The van der Waals surface area contributed by atoms with Gasteiger partial charge < -0.3 is 0 Å². The number of hydrazine groups is 1. The van der Waals surface area contributed by atoms with E-state index < -0.39 is 0 Å². The number of halogens is 1. The van der Waals surface area contributed by atoms with Crippen molar-refractivity contribution in [2.45, 2.75) is 32.2 Å². The lowest BCUT2D eigenvalue weighted by molar-refractivity contribution is 0.498. The summed E-state index contributed by atoms with van der Waals surface area (Å²) >= 11 is 6.37. The highest BCUT2D eigenvalue weighted by atomic mass is 35.5. The molecular weight excluding hydrogens is 268 g/mol. The summed E-state index contributed by atoms with van der Waals surface area (Å²) < 4.78 is 0. The number of nitrogens with two attached hydrogens (primary N) is 1. The minimum Gasteiger partial charge on any atom is -0.271 e. The predicted molar refractivity (Wildman–Crippen MR) is 85.6 cm³/mol. The molecule has 0 aliphatic rings. The van der Waals surface area contributed by atoms with E-state index >= 15 is 0 Å². The monoisotopic (exact) mass is 288 g/mol. The van der Waals surface area contributed by atoms with Gasteiger partial charge in [-0.05, 0) is 42.9 Å². The third-order valence-corrected chi connectivity index (χ3v) is 4.12. The molecule has 2 aromatic carbocycles. The van der Waals surface area contributed by atoms with Gasteiger partial charge in [-0.25, -0.2) is 0 Å². The van der Waals surface area contributed by atoms with E-state index in [1.54, 1.807) is 0 Å². The Morgan fingerprint density at radius 2 is 1.85 bits per heavy atom. The van der Waals surface area contributed by atoms with Crippen molar-refractivity contribution in [3.05, 3.63) is 70.2 Å². The molecule has 0 radical (unpaired) electrons. The molecule has 0 amide bonds. The average Bonchev–Trinajstić information content (AvgIpc) is 2.48. The largest absolute Gasteiger partial charge is 0.271 e. The van der Waals surface area contributed by atoms with Crippen LogP contribution in [0.15, 0.2) is 48.5 Å². The Hall–Kier alpha value is -1.35. The zero-order valence-corrected chi connectivity index (χ0v) is 12.5. The molecule has 1 unspecified atom stereocenters. The van der Waals surface area contributed by atoms with Crippen molar-refractivity contribution in [2.75, 3.05) is 0 Å². The van der Waals surface area contributed by atoms with Gasteiger partial charge in [0.15, 0.2) is 0 Å². The Labute approximate surface area is 125 Å². The molecule has 0 heterocycles. The average molecular weight is 289 g/mol.